The first kappa shape index (κ1) is 17.1. The molecule has 0 amide bonds. The lowest BCUT2D eigenvalue weighted by Gasteiger charge is -2.35. The fourth-order valence-electron chi connectivity index (χ4n) is 3.00. The van der Waals surface area contributed by atoms with Crippen LogP contribution in [0.25, 0.3) is 0 Å². The number of rotatable bonds is 3. The minimum Gasteiger partial charge on any atom is -0.389 e. The minimum absolute atomic E-state index is 0.425. The number of nitrogen functional groups attached to an aromatic ring is 1. The highest BCUT2D eigenvalue weighted by atomic mass is 32.1. The Morgan fingerprint density at radius 2 is 2.14 bits per heavy atom. The minimum atomic E-state index is 0.425. The van der Waals surface area contributed by atoms with Crippen molar-refractivity contribution < 1.29 is 0 Å². The molecule has 7 heteroatoms. The maximum Gasteiger partial charge on any atom is 0.187 e. The van der Waals surface area contributed by atoms with Gasteiger partial charge in [-0.25, -0.2) is 0 Å². The molecule has 1 fully saturated rings. The molecule has 0 bridgehead atoms. The number of hydrazone groups is 1. The van der Waals surface area contributed by atoms with Crippen LogP contribution in [0, 0.1) is 18.8 Å². The summed E-state index contributed by atoms with van der Waals surface area (Å²) in [6.07, 6.45) is 3.72. The first-order chi connectivity index (χ1) is 10.4. The Bertz CT molecular complexity index is 547. The molecule has 1 aromatic heterocycles. The number of nitrogens with one attached hydrogen (secondary N) is 2. The van der Waals surface area contributed by atoms with E-state index in [-0.39, 0.29) is 0 Å². The third kappa shape index (κ3) is 3.95. The number of anilines is 1. The summed E-state index contributed by atoms with van der Waals surface area (Å²) in [4.78, 5) is 0. The molecular weight excluding hydrogens is 314 g/mol. The molecule has 4 N–H and O–H groups in total. The number of hydrogen-bond donors (Lipinski definition) is 3. The molecule has 2 rings (SSSR count). The van der Waals surface area contributed by atoms with Crippen LogP contribution in [0.15, 0.2) is 5.10 Å². The number of thiocarbonyl (C=S) groups is 1. The van der Waals surface area contributed by atoms with Gasteiger partial charge < -0.3 is 11.1 Å². The SMILES string of the molecule is C/C(=N/NC(=S)N[C@H]1CCC[C@H](C)[C@@H]1C)c1c(C)nsc1N. The summed E-state index contributed by atoms with van der Waals surface area (Å²) < 4.78 is 4.24. The molecule has 0 aromatic carbocycles. The Balaban J connectivity index is 1.93. The van der Waals surface area contributed by atoms with Gasteiger partial charge in [0, 0.05) is 6.04 Å². The van der Waals surface area contributed by atoms with E-state index in [9.17, 15) is 0 Å². The maximum atomic E-state index is 5.93. The van der Waals surface area contributed by atoms with Gasteiger partial charge in [-0.1, -0.05) is 26.7 Å². The van der Waals surface area contributed by atoms with E-state index in [1.165, 1.54) is 24.4 Å². The molecule has 1 aliphatic rings. The molecule has 22 heavy (non-hydrogen) atoms. The average molecular weight is 340 g/mol. The number of aryl methyl sites for hydroxylation is 1. The topological polar surface area (TPSA) is 75.3 Å². The molecule has 0 radical (unpaired) electrons. The van der Waals surface area contributed by atoms with Gasteiger partial charge in [-0.05, 0) is 55.9 Å². The molecule has 122 valence electrons. The molecule has 0 unspecified atom stereocenters. The second-order valence-corrected chi connectivity index (χ2v) is 7.38. The monoisotopic (exact) mass is 339 g/mol. The fourth-order valence-corrected chi connectivity index (χ4v) is 3.91. The highest BCUT2D eigenvalue weighted by Crippen LogP contribution is 2.29. The van der Waals surface area contributed by atoms with E-state index in [0.29, 0.717) is 22.1 Å². The van der Waals surface area contributed by atoms with Crippen LogP contribution in [0.2, 0.25) is 0 Å². The molecule has 5 nitrogen and oxygen atoms in total. The van der Waals surface area contributed by atoms with Crippen molar-refractivity contribution in [2.75, 3.05) is 5.73 Å². The quantitative estimate of drug-likeness (QED) is 0.448. The van der Waals surface area contributed by atoms with Crippen molar-refractivity contribution in [1.82, 2.24) is 15.1 Å². The largest absolute Gasteiger partial charge is 0.389 e. The number of nitrogens with zero attached hydrogens (tertiary/aromatic N) is 2. The van der Waals surface area contributed by atoms with Crippen molar-refractivity contribution in [2.24, 2.45) is 16.9 Å². The second-order valence-electron chi connectivity index (χ2n) is 6.16. The Morgan fingerprint density at radius 3 is 2.77 bits per heavy atom. The van der Waals surface area contributed by atoms with Gasteiger partial charge in [0.25, 0.3) is 0 Å². The van der Waals surface area contributed by atoms with Crippen LogP contribution in [-0.4, -0.2) is 21.2 Å². The van der Waals surface area contributed by atoms with Gasteiger partial charge in [0.15, 0.2) is 5.11 Å². The van der Waals surface area contributed by atoms with E-state index in [2.05, 4.69) is 34.1 Å². The van der Waals surface area contributed by atoms with Crippen molar-refractivity contribution >= 4 is 39.6 Å². The predicted molar refractivity (Wildman–Crippen MR) is 98.3 cm³/mol. The summed E-state index contributed by atoms with van der Waals surface area (Å²) in [5.74, 6) is 1.36. The van der Waals surface area contributed by atoms with Gasteiger partial charge in [0.05, 0.1) is 17.0 Å². The fraction of sp³-hybridized carbons (Fsp3) is 0.667. The van der Waals surface area contributed by atoms with E-state index >= 15 is 0 Å². The summed E-state index contributed by atoms with van der Waals surface area (Å²) >= 11 is 6.66. The van der Waals surface area contributed by atoms with E-state index < -0.39 is 0 Å². The molecule has 0 saturated heterocycles. The third-order valence-corrected chi connectivity index (χ3v) is 5.57. The Morgan fingerprint density at radius 1 is 1.41 bits per heavy atom. The van der Waals surface area contributed by atoms with Crippen molar-refractivity contribution in [3.8, 4) is 0 Å². The number of nitrogens with two attached hydrogens (primary N) is 1. The predicted octanol–water partition coefficient (Wildman–Crippen LogP) is 3.05. The number of hydrogen-bond acceptors (Lipinski definition) is 5. The van der Waals surface area contributed by atoms with Gasteiger partial charge in [-0.2, -0.15) is 9.47 Å². The van der Waals surface area contributed by atoms with Crippen LogP contribution in [0.5, 0.6) is 0 Å². The lowest BCUT2D eigenvalue weighted by Crippen LogP contribution is -2.46. The highest BCUT2D eigenvalue weighted by Gasteiger charge is 2.27. The molecule has 1 saturated carbocycles. The average Bonchev–Trinajstić information content (AvgIpc) is 2.81. The van der Waals surface area contributed by atoms with E-state index in [1.807, 2.05) is 13.8 Å². The Labute approximate surface area is 141 Å². The number of aromatic nitrogens is 1. The lowest BCUT2D eigenvalue weighted by molar-refractivity contribution is 0.224. The summed E-state index contributed by atoms with van der Waals surface area (Å²) in [5.41, 5.74) is 11.5. The van der Waals surface area contributed by atoms with Crippen molar-refractivity contribution in [3.05, 3.63) is 11.3 Å². The van der Waals surface area contributed by atoms with Crippen LogP contribution in [0.3, 0.4) is 0 Å². The lowest BCUT2D eigenvalue weighted by atomic mass is 9.78. The second kappa shape index (κ2) is 7.37. The zero-order valence-corrected chi connectivity index (χ0v) is 15.3. The highest BCUT2D eigenvalue weighted by molar-refractivity contribution is 7.80. The van der Waals surface area contributed by atoms with Crippen LogP contribution < -0.4 is 16.5 Å². The van der Waals surface area contributed by atoms with Crippen LogP contribution in [0.4, 0.5) is 5.00 Å². The standard InChI is InChI=1S/C15H25N5S2/c1-8-6-5-7-12(9(8)2)17-15(21)19-18-10(3)13-11(4)20-22-14(13)16/h8-9,12H,5-7,16H2,1-4H3,(H2,17,19,21)/b18-10-/t8-,9-,12-/m0/s1. The third-order valence-electron chi connectivity index (χ3n) is 4.60. The van der Waals surface area contributed by atoms with Gasteiger partial charge in [0.2, 0.25) is 0 Å². The summed E-state index contributed by atoms with van der Waals surface area (Å²) in [7, 11) is 0. The zero-order valence-electron chi connectivity index (χ0n) is 13.6. The maximum absolute atomic E-state index is 5.93. The summed E-state index contributed by atoms with van der Waals surface area (Å²) in [6.45, 7) is 8.45. The van der Waals surface area contributed by atoms with Gasteiger partial charge in [-0.3, -0.25) is 5.43 Å². The molecule has 0 aliphatic heterocycles. The Kier molecular flexibility index (Phi) is 5.74. The smallest absolute Gasteiger partial charge is 0.187 e. The van der Waals surface area contributed by atoms with Crippen LogP contribution >= 0.6 is 23.8 Å². The van der Waals surface area contributed by atoms with Crippen LogP contribution in [0.1, 0.15) is 51.3 Å². The van der Waals surface area contributed by atoms with Gasteiger partial charge >= 0.3 is 0 Å². The first-order valence-electron chi connectivity index (χ1n) is 7.73. The molecule has 3 atom stereocenters. The summed E-state index contributed by atoms with van der Waals surface area (Å²) in [5, 5.41) is 9.01. The molecular formula is C15H25N5S2. The molecule has 0 spiro atoms. The zero-order chi connectivity index (χ0) is 16.3. The normalized spacial score (nSPS) is 25.8. The molecule has 1 aliphatic carbocycles. The van der Waals surface area contributed by atoms with Crippen molar-refractivity contribution in [1.29, 1.82) is 0 Å². The first-order valence-corrected chi connectivity index (χ1v) is 8.91. The van der Waals surface area contributed by atoms with Crippen LogP contribution in [-0.2, 0) is 0 Å². The van der Waals surface area contributed by atoms with E-state index in [1.54, 1.807) is 0 Å². The van der Waals surface area contributed by atoms with E-state index in [0.717, 1.165) is 29.3 Å². The van der Waals surface area contributed by atoms with Gasteiger partial charge in [-0.15, -0.1) is 0 Å². The van der Waals surface area contributed by atoms with Crippen molar-refractivity contribution in [3.63, 3.8) is 0 Å². The summed E-state index contributed by atoms with van der Waals surface area (Å²) in [6, 6.07) is 0.425. The molecule has 1 aromatic rings. The molecule has 1 heterocycles. The Hall–Kier alpha value is -1.21. The van der Waals surface area contributed by atoms with Crippen molar-refractivity contribution in [2.45, 2.75) is 53.0 Å². The van der Waals surface area contributed by atoms with E-state index in [4.69, 9.17) is 18.0 Å². The van der Waals surface area contributed by atoms with Gasteiger partial charge in [0.1, 0.15) is 5.00 Å².